The average Bonchev–Trinajstić information content (AvgIpc) is 3.20. The number of hydrogen-bond acceptors (Lipinski definition) is 5. The first kappa shape index (κ1) is 19.8. The highest BCUT2D eigenvalue weighted by Gasteiger charge is 2.34. The zero-order valence-electron chi connectivity index (χ0n) is 17.8. The molecule has 0 unspecified atom stereocenters. The number of tetrazole rings is 1. The van der Waals surface area contributed by atoms with Crippen molar-refractivity contribution in [1.82, 2.24) is 30.1 Å². The molecule has 0 saturated carbocycles. The molecule has 1 fully saturated rings. The van der Waals surface area contributed by atoms with E-state index in [-0.39, 0.29) is 17.1 Å². The lowest BCUT2D eigenvalue weighted by molar-refractivity contribution is 0.167. The number of pyridine rings is 1. The third-order valence-electron chi connectivity index (χ3n) is 6.26. The van der Waals surface area contributed by atoms with E-state index in [0.717, 1.165) is 49.1 Å². The fourth-order valence-corrected chi connectivity index (χ4v) is 4.17. The third-order valence-corrected chi connectivity index (χ3v) is 6.26. The van der Waals surface area contributed by atoms with Crippen molar-refractivity contribution in [3.63, 3.8) is 0 Å². The molecule has 1 N–H and O–H groups in total. The highest BCUT2D eigenvalue weighted by Crippen LogP contribution is 2.32. The molecule has 3 heterocycles. The van der Waals surface area contributed by atoms with Gasteiger partial charge in [-0.05, 0) is 87.1 Å². The highest BCUT2D eigenvalue weighted by atomic mass is 16.1. The summed E-state index contributed by atoms with van der Waals surface area (Å²) >= 11 is 0. The summed E-state index contributed by atoms with van der Waals surface area (Å²) in [6, 6.07) is 7.87. The van der Waals surface area contributed by atoms with Crippen molar-refractivity contribution in [3.8, 4) is 0 Å². The Balaban J connectivity index is 1.91. The topological polar surface area (TPSA) is 79.7 Å². The summed E-state index contributed by atoms with van der Waals surface area (Å²) in [5, 5.41) is 13.8. The summed E-state index contributed by atoms with van der Waals surface area (Å²) < 4.78 is 1.91. The van der Waals surface area contributed by atoms with Crippen LogP contribution in [0, 0.1) is 6.92 Å². The van der Waals surface area contributed by atoms with Crippen molar-refractivity contribution in [2.75, 3.05) is 13.1 Å². The maximum Gasteiger partial charge on any atom is 0.253 e. The predicted octanol–water partition coefficient (Wildman–Crippen LogP) is 3.54. The van der Waals surface area contributed by atoms with Crippen LogP contribution >= 0.6 is 0 Å². The lowest BCUT2D eigenvalue weighted by atomic mass is 9.97. The zero-order valence-corrected chi connectivity index (χ0v) is 17.8. The van der Waals surface area contributed by atoms with Crippen LogP contribution in [0.1, 0.15) is 69.4 Å². The van der Waals surface area contributed by atoms with Crippen molar-refractivity contribution in [2.45, 2.75) is 65.0 Å². The second-order valence-corrected chi connectivity index (χ2v) is 8.76. The average molecular weight is 395 g/mol. The largest absolute Gasteiger partial charge is 0.322 e. The van der Waals surface area contributed by atoms with Crippen LogP contribution in [0.2, 0.25) is 0 Å². The van der Waals surface area contributed by atoms with Crippen LogP contribution in [-0.2, 0) is 5.54 Å². The van der Waals surface area contributed by atoms with Crippen LogP contribution in [0.15, 0.2) is 29.1 Å². The van der Waals surface area contributed by atoms with Gasteiger partial charge in [-0.3, -0.25) is 9.69 Å². The lowest BCUT2D eigenvalue weighted by Crippen LogP contribution is -2.40. The van der Waals surface area contributed by atoms with Gasteiger partial charge in [-0.25, -0.2) is 4.68 Å². The Kier molecular flexibility index (Phi) is 5.25. The summed E-state index contributed by atoms with van der Waals surface area (Å²) in [6.45, 7) is 10.3. The molecule has 0 amide bonds. The molecule has 0 spiro atoms. The van der Waals surface area contributed by atoms with Gasteiger partial charge in [-0.1, -0.05) is 25.0 Å². The minimum Gasteiger partial charge on any atom is -0.322 e. The fourth-order valence-electron chi connectivity index (χ4n) is 4.17. The standard InChI is InChI=1S/C22H30N6O/c1-5-22(3,4)28-20(24-25-26-28)19(27-11-7-6-8-12-27)17-14-16-13-15(2)9-10-18(16)23-21(17)29/h9-10,13-14,19H,5-8,11-12H2,1-4H3,(H,23,29)/t19-/m1/s1. The summed E-state index contributed by atoms with van der Waals surface area (Å²) in [4.78, 5) is 18.6. The molecule has 0 aliphatic carbocycles. The number of piperidine rings is 1. The second kappa shape index (κ2) is 7.71. The van der Waals surface area contributed by atoms with Crippen LogP contribution in [0.25, 0.3) is 10.9 Å². The fraction of sp³-hybridized carbons (Fsp3) is 0.545. The number of nitrogens with one attached hydrogen (secondary N) is 1. The Bertz CT molecular complexity index is 1060. The van der Waals surface area contributed by atoms with Gasteiger partial charge in [0.25, 0.3) is 5.56 Å². The van der Waals surface area contributed by atoms with E-state index < -0.39 is 0 Å². The molecule has 3 aromatic rings. The first-order valence-corrected chi connectivity index (χ1v) is 10.6. The Labute approximate surface area is 171 Å². The molecule has 1 saturated heterocycles. The Morgan fingerprint density at radius 3 is 2.66 bits per heavy atom. The number of benzene rings is 1. The molecule has 154 valence electrons. The van der Waals surface area contributed by atoms with E-state index in [0.29, 0.717) is 5.56 Å². The van der Waals surface area contributed by atoms with Gasteiger partial charge in [0.1, 0.15) is 6.04 Å². The van der Waals surface area contributed by atoms with Gasteiger partial charge in [0.05, 0.1) is 5.54 Å². The number of rotatable bonds is 5. The Hall–Kier alpha value is -2.54. The van der Waals surface area contributed by atoms with E-state index in [1.165, 1.54) is 12.0 Å². The normalized spacial score (nSPS) is 17.0. The third kappa shape index (κ3) is 3.71. The summed E-state index contributed by atoms with van der Waals surface area (Å²) in [5.74, 6) is 0.747. The molecule has 1 aromatic carbocycles. The summed E-state index contributed by atoms with van der Waals surface area (Å²) in [7, 11) is 0. The number of fused-ring (bicyclic) bond motifs is 1. The van der Waals surface area contributed by atoms with Crippen LogP contribution in [0.4, 0.5) is 0 Å². The molecule has 7 heteroatoms. The van der Waals surface area contributed by atoms with Crippen LogP contribution in [0.5, 0.6) is 0 Å². The quantitative estimate of drug-likeness (QED) is 0.716. The summed E-state index contributed by atoms with van der Waals surface area (Å²) in [6.07, 6.45) is 4.37. The van der Waals surface area contributed by atoms with E-state index in [2.05, 4.69) is 59.2 Å². The minimum absolute atomic E-state index is 0.0687. The number of likely N-dealkylation sites (tertiary alicyclic amines) is 1. The van der Waals surface area contributed by atoms with Crippen molar-refractivity contribution in [2.24, 2.45) is 0 Å². The van der Waals surface area contributed by atoms with E-state index in [1.807, 2.05) is 22.9 Å². The first-order chi connectivity index (χ1) is 13.9. The molecule has 4 rings (SSSR count). The van der Waals surface area contributed by atoms with Gasteiger partial charge in [-0.2, -0.15) is 0 Å². The molecule has 2 aromatic heterocycles. The van der Waals surface area contributed by atoms with E-state index in [9.17, 15) is 4.79 Å². The van der Waals surface area contributed by atoms with Crippen LogP contribution in [-0.4, -0.2) is 43.2 Å². The van der Waals surface area contributed by atoms with Gasteiger partial charge >= 0.3 is 0 Å². The second-order valence-electron chi connectivity index (χ2n) is 8.76. The Morgan fingerprint density at radius 1 is 1.17 bits per heavy atom. The van der Waals surface area contributed by atoms with E-state index in [4.69, 9.17) is 0 Å². The maximum absolute atomic E-state index is 13.2. The predicted molar refractivity (Wildman–Crippen MR) is 114 cm³/mol. The number of aromatic amines is 1. The van der Waals surface area contributed by atoms with Crippen molar-refractivity contribution >= 4 is 10.9 Å². The number of aromatic nitrogens is 5. The molecule has 7 nitrogen and oxygen atoms in total. The molecule has 0 bridgehead atoms. The highest BCUT2D eigenvalue weighted by molar-refractivity contribution is 5.79. The number of nitrogens with zero attached hydrogens (tertiary/aromatic N) is 5. The molecular formula is C22H30N6O. The monoisotopic (exact) mass is 394 g/mol. The van der Waals surface area contributed by atoms with Crippen molar-refractivity contribution < 1.29 is 0 Å². The van der Waals surface area contributed by atoms with Crippen molar-refractivity contribution in [1.29, 1.82) is 0 Å². The van der Waals surface area contributed by atoms with Gasteiger partial charge in [0.2, 0.25) is 0 Å². The molecule has 1 aliphatic rings. The minimum atomic E-state index is -0.259. The summed E-state index contributed by atoms with van der Waals surface area (Å²) in [5.41, 5.74) is 2.44. The van der Waals surface area contributed by atoms with Crippen molar-refractivity contribution in [3.05, 3.63) is 51.6 Å². The van der Waals surface area contributed by atoms with E-state index >= 15 is 0 Å². The van der Waals surface area contributed by atoms with Gasteiger partial charge in [-0.15, -0.1) is 5.10 Å². The number of hydrogen-bond donors (Lipinski definition) is 1. The first-order valence-electron chi connectivity index (χ1n) is 10.6. The van der Waals surface area contributed by atoms with Gasteiger partial charge < -0.3 is 4.98 Å². The lowest BCUT2D eigenvalue weighted by Gasteiger charge is -2.35. The zero-order chi connectivity index (χ0) is 20.6. The van der Waals surface area contributed by atoms with Gasteiger partial charge in [0, 0.05) is 11.1 Å². The molecule has 1 atom stereocenters. The van der Waals surface area contributed by atoms with E-state index in [1.54, 1.807) is 0 Å². The molecule has 29 heavy (non-hydrogen) atoms. The van der Waals surface area contributed by atoms with Crippen LogP contribution < -0.4 is 5.56 Å². The number of aryl methyl sites for hydroxylation is 1. The Morgan fingerprint density at radius 2 is 1.93 bits per heavy atom. The maximum atomic E-state index is 13.2. The van der Waals surface area contributed by atoms with Crippen LogP contribution in [0.3, 0.4) is 0 Å². The SMILES string of the molecule is CCC(C)(C)n1nnnc1[C@@H](c1cc2cc(C)ccc2[nH]c1=O)N1CCCCC1. The smallest absolute Gasteiger partial charge is 0.253 e. The molecular weight excluding hydrogens is 364 g/mol. The van der Waals surface area contributed by atoms with Gasteiger partial charge in [0.15, 0.2) is 5.82 Å². The molecule has 1 aliphatic heterocycles. The molecule has 0 radical (unpaired) electrons. The number of H-pyrrole nitrogens is 1.